The highest BCUT2D eigenvalue weighted by Gasteiger charge is 2.17. The van der Waals surface area contributed by atoms with E-state index >= 15 is 0 Å². The number of hydrogen-bond acceptors (Lipinski definition) is 5. The minimum Gasteiger partial charge on any atom is -0.368 e. The summed E-state index contributed by atoms with van der Waals surface area (Å²) in [5.74, 6) is 6.10. The van der Waals surface area contributed by atoms with Gasteiger partial charge in [-0.25, -0.2) is 10.8 Å². The van der Waals surface area contributed by atoms with Crippen molar-refractivity contribution < 1.29 is 0 Å². The van der Waals surface area contributed by atoms with Gasteiger partial charge in [-0.2, -0.15) is 0 Å². The van der Waals surface area contributed by atoms with Crippen LogP contribution >= 0.6 is 11.6 Å². The Morgan fingerprint density at radius 3 is 2.19 bits per heavy atom. The summed E-state index contributed by atoms with van der Waals surface area (Å²) in [6.07, 6.45) is 1.77. The largest absolute Gasteiger partial charge is 0.368 e. The van der Waals surface area contributed by atoms with Crippen LogP contribution in [0.1, 0.15) is 0 Å². The summed E-state index contributed by atoms with van der Waals surface area (Å²) < 4.78 is 0. The van der Waals surface area contributed by atoms with E-state index in [1.165, 1.54) is 5.69 Å². The molecule has 3 rings (SSSR count). The monoisotopic (exact) mass is 303 g/mol. The van der Waals surface area contributed by atoms with E-state index in [2.05, 4.69) is 32.3 Å². The summed E-state index contributed by atoms with van der Waals surface area (Å²) in [6.45, 7) is 3.90. The molecule has 1 aromatic carbocycles. The smallest absolute Gasteiger partial charge is 0.141 e. The number of anilines is 3. The number of aromatic nitrogens is 1. The Balaban J connectivity index is 1.65. The van der Waals surface area contributed by atoms with Crippen molar-refractivity contribution in [2.75, 3.05) is 41.4 Å². The van der Waals surface area contributed by atoms with E-state index in [4.69, 9.17) is 17.4 Å². The van der Waals surface area contributed by atoms with Crippen molar-refractivity contribution in [3.05, 3.63) is 47.6 Å². The Kier molecular flexibility index (Phi) is 4.13. The first-order chi connectivity index (χ1) is 10.3. The molecule has 21 heavy (non-hydrogen) atoms. The first-order valence-electron chi connectivity index (χ1n) is 6.94. The zero-order chi connectivity index (χ0) is 14.7. The molecule has 1 fully saturated rings. The van der Waals surface area contributed by atoms with Crippen LogP contribution in [0.3, 0.4) is 0 Å². The number of piperazine rings is 1. The predicted molar refractivity (Wildman–Crippen MR) is 87.9 cm³/mol. The second kappa shape index (κ2) is 6.20. The topological polar surface area (TPSA) is 57.4 Å². The fourth-order valence-corrected chi connectivity index (χ4v) is 2.70. The molecule has 0 bridgehead atoms. The third kappa shape index (κ3) is 3.20. The average Bonchev–Trinajstić information content (AvgIpc) is 2.56. The van der Waals surface area contributed by atoms with Gasteiger partial charge in [-0.1, -0.05) is 11.6 Å². The fourth-order valence-electron chi connectivity index (χ4n) is 2.57. The van der Waals surface area contributed by atoms with Gasteiger partial charge in [-0.3, -0.25) is 0 Å². The Bertz CT molecular complexity index is 593. The first kappa shape index (κ1) is 14.0. The lowest BCUT2D eigenvalue weighted by molar-refractivity contribution is 0.653. The molecule has 1 aliphatic heterocycles. The maximum absolute atomic E-state index is 5.93. The summed E-state index contributed by atoms with van der Waals surface area (Å²) in [5, 5.41) is 0.774. The van der Waals surface area contributed by atoms with Crippen LogP contribution in [0.4, 0.5) is 17.2 Å². The molecule has 110 valence electrons. The van der Waals surface area contributed by atoms with Crippen molar-refractivity contribution >= 4 is 28.8 Å². The second-order valence-corrected chi connectivity index (χ2v) is 5.43. The molecule has 0 unspecified atom stereocenters. The molecule has 0 radical (unpaired) electrons. The van der Waals surface area contributed by atoms with Crippen molar-refractivity contribution in [3.8, 4) is 0 Å². The van der Waals surface area contributed by atoms with Gasteiger partial charge in [0.15, 0.2) is 0 Å². The van der Waals surface area contributed by atoms with E-state index in [-0.39, 0.29) is 0 Å². The van der Waals surface area contributed by atoms with Gasteiger partial charge < -0.3 is 15.2 Å². The van der Waals surface area contributed by atoms with Gasteiger partial charge in [0.25, 0.3) is 0 Å². The third-order valence-corrected chi connectivity index (χ3v) is 3.98. The van der Waals surface area contributed by atoms with E-state index in [1.54, 1.807) is 6.20 Å². The van der Waals surface area contributed by atoms with Crippen LogP contribution in [0.25, 0.3) is 0 Å². The molecule has 1 aliphatic rings. The predicted octanol–water partition coefficient (Wildman–Crippen LogP) is 2.35. The summed E-state index contributed by atoms with van der Waals surface area (Å²) in [5.41, 5.74) is 4.95. The van der Waals surface area contributed by atoms with E-state index in [0.717, 1.165) is 36.9 Å². The van der Waals surface area contributed by atoms with Crippen molar-refractivity contribution in [3.63, 3.8) is 0 Å². The number of hydrogen-bond donors (Lipinski definition) is 2. The fraction of sp³-hybridized carbons (Fsp3) is 0.267. The molecular formula is C15H18ClN5. The average molecular weight is 304 g/mol. The van der Waals surface area contributed by atoms with Gasteiger partial charge in [0.05, 0.1) is 0 Å². The molecule has 6 heteroatoms. The van der Waals surface area contributed by atoms with Gasteiger partial charge in [0.1, 0.15) is 5.82 Å². The van der Waals surface area contributed by atoms with Crippen molar-refractivity contribution in [1.82, 2.24) is 4.98 Å². The Morgan fingerprint density at radius 1 is 0.952 bits per heavy atom. The lowest BCUT2D eigenvalue weighted by Crippen LogP contribution is -2.46. The number of halogens is 1. The van der Waals surface area contributed by atoms with Crippen LogP contribution in [-0.4, -0.2) is 31.2 Å². The van der Waals surface area contributed by atoms with Gasteiger partial charge >= 0.3 is 0 Å². The van der Waals surface area contributed by atoms with Crippen LogP contribution in [-0.2, 0) is 0 Å². The molecule has 0 saturated carbocycles. The number of nitrogen functional groups attached to an aromatic ring is 1. The number of nitrogens with two attached hydrogens (primary N) is 1. The highest BCUT2D eigenvalue weighted by molar-refractivity contribution is 6.30. The van der Waals surface area contributed by atoms with Crippen molar-refractivity contribution in [1.29, 1.82) is 0 Å². The van der Waals surface area contributed by atoms with Gasteiger partial charge in [0.2, 0.25) is 0 Å². The van der Waals surface area contributed by atoms with Gasteiger partial charge in [-0.05, 0) is 30.3 Å². The Hall–Kier alpha value is -1.98. The van der Waals surface area contributed by atoms with Gasteiger partial charge in [-0.15, -0.1) is 0 Å². The summed E-state index contributed by atoms with van der Waals surface area (Å²) in [7, 11) is 0. The Morgan fingerprint density at radius 2 is 1.57 bits per heavy atom. The lowest BCUT2D eigenvalue weighted by atomic mass is 10.2. The maximum atomic E-state index is 5.93. The van der Waals surface area contributed by atoms with E-state index in [1.807, 2.05) is 24.3 Å². The molecule has 1 aromatic heterocycles. The number of nitrogens with zero attached hydrogens (tertiary/aromatic N) is 3. The summed E-state index contributed by atoms with van der Waals surface area (Å²) in [6, 6.07) is 12.0. The quantitative estimate of drug-likeness (QED) is 0.673. The molecule has 3 N–H and O–H groups in total. The number of rotatable bonds is 3. The second-order valence-electron chi connectivity index (χ2n) is 4.99. The van der Waals surface area contributed by atoms with E-state index in [9.17, 15) is 0 Å². The number of nitrogens with one attached hydrogen (secondary N) is 1. The number of hydrazine groups is 1. The summed E-state index contributed by atoms with van der Waals surface area (Å²) in [4.78, 5) is 8.85. The molecule has 2 heterocycles. The van der Waals surface area contributed by atoms with Crippen LogP contribution in [0.5, 0.6) is 0 Å². The zero-order valence-electron chi connectivity index (χ0n) is 11.7. The molecular weight excluding hydrogens is 286 g/mol. The Labute approximate surface area is 129 Å². The lowest BCUT2D eigenvalue weighted by Gasteiger charge is -2.37. The van der Waals surface area contributed by atoms with E-state index in [0.29, 0.717) is 5.82 Å². The highest BCUT2D eigenvalue weighted by atomic mass is 35.5. The minimum absolute atomic E-state index is 0.688. The molecule has 2 aromatic rings. The van der Waals surface area contributed by atoms with Gasteiger partial charge in [0, 0.05) is 54.8 Å². The van der Waals surface area contributed by atoms with E-state index < -0.39 is 0 Å². The first-order valence-corrected chi connectivity index (χ1v) is 7.32. The maximum Gasteiger partial charge on any atom is 0.141 e. The molecule has 0 spiro atoms. The van der Waals surface area contributed by atoms with Crippen LogP contribution in [0.2, 0.25) is 5.02 Å². The SMILES string of the molecule is NNc1cc(N2CCN(c3ccc(Cl)cc3)CC2)ccn1. The zero-order valence-corrected chi connectivity index (χ0v) is 12.4. The number of benzene rings is 1. The normalized spacial score (nSPS) is 15.1. The van der Waals surface area contributed by atoms with Crippen LogP contribution in [0.15, 0.2) is 42.6 Å². The molecule has 5 nitrogen and oxygen atoms in total. The van der Waals surface area contributed by atoms with Crippen molar-refractivity contribution in [2.24, 2.45) is 5.84 Å². The molecule has 0 amide bonds. The van der Waals surface area contributed by atoms with Crippen molar-refractivity contribution in [2.45, 2.75) is 0 Å². The molecule has 0 atom stereocenters. The summed E-state index contributed by atoms with van der Waals surface area (Å²) >= 11 is 5.93. The highest BCUT2D eigenvalue weighted by Crippen LogP contribution is 2.22. The molecule has 0 aliphatic carbocycles. The van der Waals surface area contributed by atoms with Crippen LogP contribution < -0.4 is 21.1 Å². The van der Waals surface area contributed by atoms with Crippen LogP contribution in [0, 0.1) is 0 Å². The standard InChI is InChI=1S/C15H18ClN5/c16-12-1-3-13(4-2-12)20-7-9-21(10-8-20)14-5-6-18-15(11-14)19-17/h1-6,11H,7-10,17H2,(H,18,19). The third-order valence-electron chi connectivity index (χ3n) is 3.73. The number of pyridine rings is 1. The molecule has 1 saturated heterocycles. The minimum atomic E-state index is 0.688.